The monoisotopic (exact) mass is 266 g/mol. The topological polar surface area (TPSA) is 36.4 Å². The van der Waals surface area contributed by atoms with E-state index >= 15 is 0 Å². The highest BCUT2D eigenvalue weighted by molar-refractivity contribution is 7.15. The number of fused-ring (bicyclic) bond motifs is 2. The van der Waals surface area contributed by atoms with E-state index in [2.05, 4.69) is 25.7 Å². The van der Waals surface area contributed by atoms with E-state index in [1.54, 1.807) is 11.3 Å². The summed E-state index contributed by atoms with van der Waals surface area (Å²) in [4.78, 5) is 8.36. The fourth-order valence-corrected chi connectivity index (χ4v) is 4.53. The van der Waals surface area contributed by atoms with Crippen molar-refractivity contribution < 1.29 is 5.11 Å². The molecule has 1 aromatic rings. The smallest absolute Gasteiger partial charge is 0.186 e. The quantitative estimate of drug-likeness (QED) is 0.894. The molecule has 1 aliphatic carbocycles. The average molecular weight is 266 g/mol. The molecule has 0 spiro atoms. The van der Waals surface area contributed by atoms with E-state index < -0.39 is 0 Å². The van der Waals surface area contributed by atoms with Crippen LogP contribution in [0.4, 0.5) is 5.13 Å². The molecule has 100 valence electrons. The normalized spacial score (nSPS) is 27.2. The van der Waals surface area contributed by atoms with Crippen LogP contribution in [0, 0.1) is 5.92 Å². The predicted octanol–water partition coefficient (Wildman–Crippen LogP) is 2.92. The molecule has 2 fully saturated rings. The molecule has 3 rings (SSSR count). The zero-order valence-electron chi connectivity index (χ0n) is 11.4. The summed E-state index contributed by atoms with van der Waals surface area (Å²) in [5.74, 6) is 0.884. The molecule has 1 aliphatic heterocycles. The van der Waals surface area contributed by atoms with Crippen LogP contribution in [0.1, 0.15) is 50.6 Å². The summed E-state index contributed by atoms with van der Waals surface area (Å²) >= 11 is 1.69. The Morgan fingerprint density at radius 1 is 1.39 bits per heavy atom. The summed E-state index contributed by atoms with van der Waals surface area (Å²) in [6.45, 7) is 7.79. The lowest BCUT2D eigenvalue weighted by molar-refractivity contribution is 0.282. The van der Waals surface area contributed by atoms with Gasteiger partial charge in [0, 0.05) is 18.0 Å². The maximum atomic E-state index is 9.52. The number of hydrogen-bond acceptors (Lipinski definition) is 4. The minimum atomic E-state index is 0.0194. The van der Waals surface area contributed by atoms with Gasteiger partial charge in [0.15, 0.2) is 5.13 Å². The van der Waals surface area contributed by atoms with Gasteiger partial charge in [0.05, 0.1) is 17.2 Å². The Hall–Kier alpha value is -0.610. The summed E-state index contributed by atoms with van der Waals surface area (Å²) in [5.41, 5.74) is 1.10. The highest BCUT2D eigenvalue weighted by atomic mass is 32.1. The Morgan fingerprint density at radius 3 is 2.61 bits per heavy atom. The number of aromatic nitrogens is 1. The Labute approximate surface area is 113 Å². The lowest BCUT2D eigenvalue weighted by atomic mass is 9.91. The van der Waals surface area contributed by atoms with Gasteiger partial charge in [0.2, 0.25) is 0 Å². The van der Waals surface area contributed by atoms with Gasteiger partial charge in [0.25, 0.3) is 0 Å². The summed E-state index contributed by atoms with van der Waals surface area (Å²) < 4.78 is 0. The number of thiazole rings is 1. The summed E-state index contributed by atoms with van der Waals surface area (Å²) in [7, 11) is 0. The lowest BCUT2D eigenvalue weighted by Crippen LogP contribution is -2.31. The van der Waals surface area contributed by atoms with E-state index in [1.807, 2.05) is 0 Å². The molecule has 1 saturated heterocycles. The number of aliphatic hydroxyl groups is 1. The van der Waals surface area contributed by atoms with Gasteiger partial charge in [-0.3, -0.25) is 0 Å². The molecule has 1 aromatic heterocycles. The van der Waals surface area contributed by atoms with Crippen LogP contribution in [0.5, 0.6) is 0 Å². The molecule has 0 aromatic carbocycles. The zero-order valence-corrected chi connectivity index (χ0v) is 12.3. The van der Waals surface area contributed by atoms with E-state index in [-0.39, 0.29) is 12.0 Å². The molecule has 4 heteroatoms. The fraction of sp³-hybridized carbons (Fsp3) is 0.786. The van der Waals surface area contributed by atoms with Crippen LogP contribution < -0.4 is 4.90 Å². The van der Waals surface area contributed by atoms with Crippen LogP contribution in [-0.4, -0.2) is 22.7 Å². The molecule has 2 atom stereocenters. The van der Waals surface area contributed by atoms with Gasteiger partial charge in [-0.1, -0.05) is 32.1 Å². The zero-order chi connectivity index (χ0) is 12.9. The van der Waals surface area contributed by atoms with Crippen molar-refractivity contribution in [2.75, 3.05) is 11.4 Å². The van der Waals surface area contributed by atoms with Crippen LogP contribution in [-0.2, 0) is 12.0 Å². The Bertz CT molecular complexity index is 449. The first-order valence-electron chi connectivity index (χ1n) is 6.86. The molecule has 2 aliphatic rings. The van der Waals surface area contributed by atoms with E-state index in [4.69, 9.17) is 4.98 Å². The van der Waals surface area contributed by atoms with Crippen molar-refractivity contribution in [2.45, 2.75) is 58.1 Å². The molecule has 2 unspecified atom stereocenters. The summed E-state index contributed by atoms with van der Waals surface area (Å²) in [6.07, 6.45) is 4.06. The summed E-state index contributed by atoms with van der Waals surface area (Å²) in [6, 6.07) is 0.709. The van der Waals surface area contributed by atoms with Gasteiger partial charge in [-0.05, 0) is 25.2 Å². The largest absolute Gasteiger partial charge is 0.391 e. The maximum absolute atomic E-state index is 9.52. The number of piperidine rings is 1. The first-order valence-corrected chi connectivity index (χ1v) is 7.68. The van der Waals surface area contributed by atoms with Crippen LogP contribution >= 0.6 is 11.3 Å². The van der Waals surface area contributed by atoms with Crippen molar-refractivity contribution in [1.82, 2.24) is 4.98 Å². The van der Waals surface area contributed by atoms with Crippen molar-refractivity contribution in [3.63, 3.8) is 0 Å². The van der Waals surface area contributed by atoms with Crippen molar-refractivity contribution in [3.8, 4) is 0 Å². The Kier molecular flexibility index (Phi) is 2.90. The average Bonchev–Trinajstić information content (AvgIpc) is 3.01. The third-order valence-corrected chi connectivity index (χ3v) is 5.27. The van der Waals surface area contributed by atoms with E-state index in [1.165, 1.54) is 25.8 Å². The molecular weight excluding hydrogens is 244 g/mol. The van der Waals surface area contributed by atoms with E-state index in [0.717, 1.165) is 21.6 Å². The van der Waals surface area contributed by atoms with Gasteiger partial charge in [-0.2, -0.15) is 0 Å². The van der Waals surface area contributed by atoms with Crippen molar-refractivity contribution >= 4 is 16.5 Å². The van der Waals surface area contributed by atoms with Crippen LogP contribution in [0.2, 0.25) is 0 Å². The van der Waals surface area contributed by atoms with Crippen molar-refractivity contribution in [3.05, 3.63) is 10.6 Å². The minimum Gasteiger partial charge on any atom is -0.391 e. The third-order valence-electron chi connectivity index (χ3n) is 4.19. The molecule has 0 radical (unpaired) electrons. The van der Waals surface area contributed by atoms with Gasteiger partial charge >= 0.3 is 0 Å². The number of rotatable bonds is 2. The molecule has 0 amide bonds. The van der Waals surface area contributed by atoms with Gasteiger partial charge in [0.1, 0.15) is 0 Å². The Morgan fingerprint density at radius 2 is 2.17 bits per heavy atom. The van der Waals surface area contributed by atoms with Gasteiger partial charge in [-0.15, -0.1) is 0 Å². The van der Waals surface area contributed by atoms with Gasteiger partial charge < -0.3 is 10.0 Å². The van der Waals surface area contributed by atoms with E-state index in [9.17, 15) is 5.11 Å². The van der Waals surface area contributed by atoms with Crippen molar-refractivity contribution in [2.24, 2.45) is 5.92 Å². The van der Waals surface area contributed by atoms with Crippen molar-refractivity contribution in [1.29, 1.82) is 0 Å². The second-order valence-corrected chi connectivity index (χ2v) is 7.72. The number of hydrogen-bond donors (Lipinski definition) is 1. The molecule has 1 N–H and O–H groups in total. The van der Waals surface area contributed by atoms with E-state index in [0.29, 0.717) is 6.04 Å². The second kappa shape index (κ2) is 4.20. The molecular formula is C14H22N2OS. The highest BCUT2D eigenvalue weighted by Crippen LogP contribution is 2.43. The maximum Gasteiger partial charge on any atom is 0.186 e. The number of anilines is 1. The first kappa shape index (κ1) is 12.4. The Balaban J connectivity index is 1.92. The highest BCUT2D eigenvalue weighted by Gasteiger charge is 2.39. The second-order valence-electron chi connectivity index (χ2n) is 6.66. The molecule has 2 heterocycles. The number of aliphatic hydroxyl groups excluding tert-OH is 1. The van der Waals surface area contributed by atoms with Crippen LogP contribution in [0.25, 0.3) is 0 Å². The SMILES string of the molecule is CC(C)(C)c1nc(N2CC3CCC2C3)sc1CO. The van der Waals surface area contributed by atoms with Crippen LogP contribution in [0.15, 0.2) is 0 Å². The molecule has 2 bridgehead atoms. The van der Waals surface area contributed by atoms with Crippen LogP contribution in [0.3, 0.4) is 0 Å². The number of nitrogens with zero attached hydrogens (tertiary/aromatic N) is 2. The molecule has 18 heavy (non-hydrogen) atoms. The molecule has 1 saturated carbocycles. The predicted molar refractivity (Wildman–Crippen MR) is 75.2 cm³/mol. The fourth-order valence-electron chi connectivity index (χ4n) is 3.31. The minimum absolute atomic E-state index is 0.0194. The lowest BCUT2D eigenvalue weighted by Gasteiger charge is -2.26. The van der Waals surface area contributed by atoms with Gasteiger partial charge in [-0.25, -0.2) is 4.98 Å². The molecule has 3 nitrogen and oxygen atoms in total. The third kappa shape index (κ3) is 1.95. The summed E-state index contributed by atoms with van der Waals surface area (Å²) in [5, 5.41) is 10.7. The first-order chi connectivity index (χ1) is 8.49. The standard InChI is InChI=1S/C14H22N2OS/c1-14(2,3)12-11(8-17)18-13(15-12)16-7-9-4-5-10(16)6-9/h9-10,17H,4-8H2,1-3H3.